The molecule has 6 nitrogen and oxygen atoms in total. The standard InChI is InChI=1S/C26H42N2O4/c1-17-19(3-4-20-21(17)15-31-25-23(20)32-25)5-10-27-11-6-26(7-12-27)8-13-28(14-9-26)22-16-30-24(29)18(22)2/h17,19-21,23-25,29H,3-16H2,1-2H3. The summed E-state index contributed by atoms with van der Waals surface area (Å²) in [4.78, 5) is 5.23. The van der Waals surface area contributed by atoms with Crippen molar-refractivity contribution < 1.29 is 19.3 Å². The van der Waals surface area contributed by atoms with Crippen molar-refractivity contribution in [1.29, 1.82) is 0 Å². The molecule has 1 N–H and O–H groups in total. The number of hydrogen-bond donors (Lipinski definition) is 1. The van der Waals surface area contributed by atoms with Gasteiger partial charge in [-0.2, -0.15) is 0 Å². The molecule has 7 unspecified atom stereocenters. The number of likely N-dealkylation sites (tertiary alicyclic amines) is 2. The van der Waals surface area contributed by atoms with Crippen molar-refractivity contribution in [3.05, 3.63) is 11.3 Å². The van der Waals surface area contributed by atoms with Crippen molar-refractivity contribution in [2.75, 3.05) is 45.9 Å². The molecule has 0 aromatic rings. The highest BCUT2D eigenvalue weighted by molar-refractivity contribution is 5.19. The van der Waals surface area contributed by atoms with Crippen LogP contribution in [-0.4, -0.2) is 79.5 Å². The molecule has 6 aliphatic rings. The van der Waals surface area contributed by atoms with Crippen LogP contribution in [0.15, 0.2) is 11.3 Å². The highest BCUT2D eigenvalue weighted by atomic mass is 16.8. The third kappa shape index (κ3) is 3.94. The van der Waals surface area contributed by atoms with Gasteiger partial charge in [0.15, 0.2) is 12.6 Å². The fraction of sp³-hybridized carbons (Fsp3) is 0.923. The molecule has 0 aromatic heterocycles. The van der Waals surface area contributed by atoms with E-state index in [2.05, 4.69) is 16.7 Å². The lowest BCUT2D eigenvalue weighted by Crippen LogP contribution is -2.47. The molecule has 180 valence electrons. The van der Waals surface area contributed by atoms with Crippen LogP contribution in [0.1, 0.15) is 58.8 Å². The second kappa shape index (κ2) is 8.53. The average Bonchev–Trinajstić information content (AvgIpc) is 3.54. The first-order chi connectivity index (χ1) is 15.5. The van der Waals surface area contributed by atoms with Crippen LogP contribution in [0.4, 0.5) is 0 Å². The summed E-state index contributed by atoms with van der Waals surface area (Å²) in [5.41, 5.74) is 2.80. The number of nitrogens with zero attached hydrogens (tertiary/aromatic N) is 2. The van der Waals surface area contributed by atoms with Crippen molar-refractivity contribution in [3.63, 3.8) is 0 Å². The predicted molar refractivity (Wildman–Crippen MR) is 122 cm³/mol. The van der Waals surface area contributed by atoms with E-state index in [0.717, 1.165) is 48.9 Å². The lowest BCUT2D eigenvalue weighted by molar-refractivity contribution is -0.0484. The molecule has 0 amide bonds. The van der Waals surface area contributed by atoms with Crippen molar-refractivity contribution in [1.82, 2.24) is 9.80 Å². The predicted octanol–water partition coefficient (Wildman–Crippen LogP) is 3.21. The van der Waals surface area contributed by atoms with E-state index in [9.17, 15) is 5.11 Å². The van der Waals surface area contributed by atoms with Gasteiger partial charge in [0.1, 0.15) is 6.10 Å². The first kappa shape index (κ1) is 21.8. The number of aliphatic hydroxyl groups is 1. The van der Waals surface area contributed by atoms with Gasteiger partial charge in [0.05, 0.1) is 13.2 Å². The molecule has 7 atom stereocenters. The maximum atomic E-state index is 9.88. The molecule has 5 fully saturated rings. The van der Waals surface area contributed by atoms with Gasteiger partial charge in [0.25, 0.3) is 0 Å². The van der Waals surface area contributed by atoms with E-state index in [1.807, 2.05) is 6.92 Å². The molecule has 6 heteroatoms. The van der Waals surface area contributed by atoms with E-state index in [1.54, 1.807) is 0 Å². The molecule has 32 heavy (non-hydrogen) atoms. The zero-order valence-electron chi connectivity index (χ0n) is 20.0. The van der Waals surface area contributed by atoms with E-state index < -0.39 is 6.29 Å². The minimum atomic E-state index is -0.688. The molecular formula is C26H42N2O4. The van der Waals surface area contributed by atoms with Gasteiger partial charge in [0.2, 0.25) is 0 Å². The zero-order chi connectivity index (χ0) is 21.9. The monoisotopic (exact) mass is 446 g/mol. The number of rotatable bonds is 4. The van der Waals surface area contributed by atoms with Gasteiger partial charge in [-0.15, -0.1) is 0 Å². The van der Waals surface area contributed by atoms with Crippen LogP contribution in [-0.2, 0) is 14.2 Å². The molecule has 5 heterocycles. The number of hydrogen-bond acceptors (Lipinski definition) is 6. The third-order valence-corrected chi connectivity index (χ3v) is 10.3. The van der Waals surface area contributed by atoms with E-state index in [0.29, 0.717) is 18.1 Å². The van der Waals surface area contributed by atoms with Gasteiger partial charge in [-0.05, 0) is 101 Å². The smallest absolute Gasteiger partial charge is 0.184 e. The van der Waals surface area contributed by atoms with E-state index >= 15 is 0 Å². The highest BCUT2D eigenvalue weighted by Gasteiger charge is 2.55. The van der Waals surface area contributed by atoms with Crippen LogP contribution >= 0.6 is 0 Å². The quantitative estimate of drug-likeness (QED) is 0.670. The minimum absolute atomic E-state index is 0.145. The highest BCUT2D eigenvalue weighted by Crippen LogP contribution is 2.51. The third-order valence-electron chi connectivity index (χ3n) is 10.3. The lowest BCUT2D eigenvalue weighted by Gasteiger charge is -2.48. The Balaban J connectivity index is 0.956. The van der Waals surface area contributed by atoms with Crippen LogP contribution < -0.4 is 0 Å². The van der Waals surface area contributed by atoms with Crippen LogP contribution in [0, 0.1) is 29.1 Å². The van der Waals surface area contributed by atoms with Gasteiger partial charge in [-0.25, -0.2) is 0 Å². The van der Waals surface area contributed by atoms with Crippen molar-refractivity contribution in [3.8, 4) is 0 Å². The van der Waals surface area contributed by atoms with Crippen molar-refractivity contribution in [2.45, 2.75) is 77.5 Å². The molecule has 6 rings (SSSR count). The molecule has 1 aliphatic carbocycles. The summed E-state index contributed by atoms with van der Waals surface area (Å²) < 4.78 is 17.0. The summed E-state index contributed by atoms with van der Waals surface area (Å²) in [5.74, 6) is 3.11. The van der Waals surface area contributed by atoms with Gasteiger partial charge in [-0.3, -0.25) is 0 Å². The zero-order valence-corrected chi connectivity index (χ0v) is 20.0. The minimum Gasteiger partial charge on any atom is -0.373 e. The van der Waals surface area contributed by atoms with Crippen LogP contribution in [0.2, 0.25) is 0 Å². The molecular weight excluding hydrogens is 404 g/mol. The Kier molecular flexibility index (Phi) is 5.82. The van der Waals surface area contributed by atoms with Crippen molar-refractivity contribution in [2.24, 2.45) is 29.1 Å². The topological polar surface area (TPSA) is 57.7 Å². The molecule has 1 saturated carbocycles. The Morgan fingerprint density at radius 3 is 2.47 bits per heavy atom. The maximum absolute atomic E-state index is 9.88. The average molecular weight is 447 g/mol. The number of epoxide rings is 1. The molecule has 5 aliphatic heterocycles. The van der Waals surface area contributed by atoms with E-state index in [-0.39, 0.29) is 6.29 Å². The van der Waals surface area contributed by atoms with Gasteiger partial charge in [-0.1, -0.05) is 6.92 Å². The number of ether oxygens (including phenoxy) is 3. The largest absolute Gasteiger partial charge is 0.373 e. The van der Waals surface area contributed by atoms with Gasteiger partial charge < -0.3 is 29.1 Å². The first-order valence-electron chi connectivity index (χ1n) is 13.3. The second-order valence-electron chi connectivity index (χ2n) is 11.7. The summed E-state index contributed by atoms with van der Waals surface area (Å²) >= 11 is 0. The van der Waals surface area contributed by atoms with Crippen molar-refractivity contribution >= 4 is 0 Å². The van der Waals surface area contributed by atoms with Gasteiger partial charge in [0, 0.05) is 24.4 Å². The van der Waals surface area contributed by atoms with E-state index in [1.165, 1.54) is 70.3 Å². The van der Waals surface area contributed by atoms with Crippen LogP contribution in [0.3, 0.4) is 0 Å². The molecule has 0 radical (unpaired) electrons. The molecule has 4 saturated heterocycles. The van der Waals surface area contributed by atoms with Gasteiger partial charge >= 0.3 is 0 Å². The Morgan fingerprint density at radius 2 is 1.75 bits per heavy atom. The van der Waals surface area contributed by atoms with Crippen LogP contribution in [0.5, 0.6) is 0 Å². The first-order valence-corrected chi connectivity index (χ1v) is 13.3. The fourth-order valence-electron chi connectivity index (χ4n) is 7.70. The Bertz CT molecular complexity index is 723. The molecule has 1 spiro atoms. The fourth-order valence-corrected chi connectivity index (χ4v) is 7.70. The number of aliphatic hydroxyl groups excluding tert-OH is 1. The number of piperidine rings is 2. The summed E-state index contributed by atoms with van der Waals surface area (Å²) in [6, 6.07) is 0. The van der Waals surface area contributed by atoms with E-state index in [4.69, 9.17) is 14.2 Å². The molecule has 0 aromatic carbocycles. The number of fused-ring (bicyclic) bond motifs is 3. The second-order valence-corrected chi connectivity index (χ2v) is 11.7. The Labute approximate surface area is 193 Å². The summed E-state index contributed by atoms with van der Waals surface area (Å²) in [5, 5.41) is 9.88. The summed E-state index contributed by atoms with van der Waals surface area (Å²) in [7, 11) is 0. The summed E-state index contributed by atoms with van der Waals surface area (Å²) in [6.45, 7) is 12.1. The SMILES string of the molecule is CC1=C(N2CCC3(CCN(CCC4CCC5C(COC6OC65)C4C)CC3)CC2)COC1O. The van der Waals surface area contributed by atoms with Crippen LogP contribution in [0.25, 0.3) is 0 Å². The molecule has 0 bridgehead atoms. The Morgan fingerprint density at radius 1 is 1.00 bits per heavy atom. The Hall–Kier alpha value is -0.660. The summed E-state index contributed by atoms with van der Waals surface area (Å²) in [6.07, 6.45) is 9.27. The normalized spacial score (nSPS) is 44.0. The lowest BCUT2D eigenvalue weighted by atomic mass is 9.65. The maximum Gasteiger partial charge on any atom is 0.184 e.